The van der Waals surface area contributed by atoms with E-state index in [1.807, 2.05) is 0 Å². The molecule has 1 N–H and O–H groups in total. The lowest BCUT2D eigenvalue weighted by molar-refractivity contribution is 0.0986. The number of aromatic nitrogens is 2. The summed E-state index contributed by atoms with van der Waals surface area (Å²) in [5.41, 5.74) is 1.25. The fourth-order valence-electron chi connectivity index (χ4n) is 2.81. The van der Waals surface area contributed by atoms with Crippen LogP contribution in [0.1, 0.15) is 34.9 Å². The molecule has 3 rings (SSSR count). The number of benzene rings is 1. The molecule has 1 aromatic heterocycles. The van der Waals surface area contributed by atoms with Gasteiger partial charge in [-0.3, -0.25) is 9.48 Å². The van der Waals surface area contributed by atoms with E-state index < -0.39 is 18.6 Å². The van der Waals surface area contributed by atoms with E-state index in [-0.39, 0.29) is 12.5 Å². The lowest BCUT2D eigenvalue weighted by Gasteiger charge is -2.22. The van der Waals surface area contributed by atoms with Gasteiger partial charge in [0.05, 0.1) is 24.4 Å². The van der Waals surface area contributed by atoms with Crippen molar-refractivity contribution in [3.8, 4) is 0 Å². The van der Waals surface area contributed by atoms with Gasteiger partial charge in [-0.15, -0.1) is 0 Å². The predicted molar refractivity (Wildman–Crippen MR) is 80.5 cm³/mol. The number of alkyl halides is 1. The van der Waals surface area contributed by atoms with Crippen LogP contribution in [0.25, 0.3) is 0 Å². The Bertz CT molecular complexity index is 717. The fourth-order valence-corrected chi connectivity index (χ4v) is 2.81. The average Bonchev–Trinajstić information content (AvgIpc) is 2.94. The number of amides is 1. The van der Waals surface area contributed by atoms with Crippen LogP contribution in [0.5, 0.6) is 0 Å². The number of nitrogens with zero attached hydrogens (tertiary/aromatic N) is 3. The minimum atomic E-state index is -0.798. The van der Waals surface area contributed by atoms with Crippen molar-refractivity contribution in [1.29, 1.82) is 0 Å². The zero-order valence-corrected chi connectivity index (χ0v) is 12.5. The van der Waals surface area contributed by atoms with Crippen molar-refractivity contribution in [3.05, 3.63) is 47.5 Å². The predicted octanol–water partition coefficient (Wildman–Crippen LogP) is 2.47. The molecule has 1 amide bonds. The van der Waals surface area contributed by atoms with Gasteiger partial charge >= 0.3 is 0 Å². The second-order valence-electron chi connectivity index (χ2n) is 5.50. The number of hydrogen-bond acceptors (Lipinski definition) is 3. The SMILES string of the molecule is O=C(c1cnn(CCF)c1)N1CCCC(O)c2cc(F)ccc21. The third-order valence-electron chi connectivity index (χ3n) is 3.94. The molecule has 0 radical (unpaired) electrons. The molecule has 0 saturated carbocycles. The number of aliphatic hydroxyl groups excluding tert-OH is 1. The molecular formula is C16H17F2N3O2. The van der Waals surface area contributed by atoms with Crippen LogP contribution < -0.4 is 4.90 Å². The van der Waals surface area contributed by atoms with Crippen LogP contribution in [0.15, 0.2) is 30.6 Å². The number of fused-ring (bicyclic) bond motifs is 1. The monoisotopic (exact) mass is 321 g/mol. The smallest absolute Gasteiger partial charge is 0.261 e. The Labute approximate surface area is 132 Å². The van der Waals surface area contributed by atoms with Crippen molar-refractivity contribution >= 4 is 11.6 Å². The van der Waals surface area contributed by atoms with Crippen LogP contribution in [0.4, 0.5) is 14.5 Å². The van der Waals surface area contributed by atoms with Crippen molar-refractivity contribution < 1.29 is 18.7 Å². The van der Waals surface area contributed by atoms with E-state index in [1.165, 1.54) is 40.2 Å². The van der Waals surface area contributed by atoms with E-state index >= 15 is 0 Å². The third-order valence-corrected chi connectivity index (χ3v) is 3.94. The first-order valence-corrected chi connectivity index (χ1v) is 7.48. The number of carbonyl (C=O) groups excluding carboxylic acids is 1. The molecule has 0 saturated heterocycles. The Morgan fingerprint density at radius 2 is 2.26 bits per heavy atom. The van der Waals surface area contributed by atoms with Gasteiger partial charge in [0.1, 0.15) is 12.5 Å². The van der Waals surface area contributed by atoms with Gasteiger partial charge in [-0.1, -0.05) is 0 Å². The van der Waals surface area contributed by atoms with Gasteiger partial charge in [0.15, 0.2) is 0 Å². The van der Waals surface area contributed by atoms with Crippen molar-refractivity contribution in [1.82, 2.24) is 9.78 Å². The maximum absolute atomic E-state index is 13.5. The van der Waals surface area contributed by atoms with Crippen LogP contribution >= 0.6 is 0 Å². The molecule has 7 heteroatoms. The Morgan fingerprint density at radius 1 is 1.43 bits per heavy atom. The van der Waals surface area contributed by atoms with Gasteiger partial charge in [0.2, 0.25) is 0 Å². The Hall–Kier alpha value is -2.28. The Balaban J connectivity index is 1.95. The average molecular weight is 321 g/mol. The lowest BCUT2D eigenvalue weighted by Crippen LogP contribution is -2.31. The lowest BCUT2D eigenvalue weighted by atomic mass is 10.0. The molecule has 1 unspecified atom stereocenters. The molecule has 0 spiro atoms. The van der Waals surface area contributed by atoms with E-state index in [2.05, 4.69) is 5.10 Å². The normalized spacial score (nSPS) is 17.7. The van der Waals surface area contributed by atoms with Crippen molar-refractivity contribution in [2.24, 2.45) is 0 Å². The molecule has 1 aliphatic rings. The first-order valence-electron chi connectivity index (χ1n) is 7.48. The van der Waals surface area contributed by atoms with E-state index in [0.717, 1.165) is 0 Å². The van der Waals surface area contributed by atoms with Crippen molar-refractivity contribution in [2.75, 3.05) is 18.1 Å². The van der Waals surface area contributed by atoms with Gasteiger partial charge < -0.3 is 10.0 Å². The van der Waals surface area contributed by atoms with Gasteiger partial charge in [0, 0.05) is 24.0 Å². The molecule has 1 aliphatic heterocycles. The summed E-state index contributed by atoms with van der Waals surface area (Å²) in [7, 11) is 0. The van der Waals surface area contributed by atoms with Gasteiger partial charge in [-0.25, -0.2) is 8.78 Å². The zero-order chi connectivity index (χ0) is 16.4. The highest BCUT2D eigenvalue weighted by Gasteiger charge is 2.27. The molecule has 0 bridgehead atoms. The first kappa shape index (κ1) is 15.6. The summed E-state index contributed by atoms with van der Waals surface area (Å²) in [5.74, 6) is -0.745. The Morgan fingerprint density at radius 3 is 3.04 bits per heavy atom. The third kappa shape index (κ3) is 3.10. The summed E-state index contributed by atoms with van der Waals surface area (Å²) in [6.45, 7) is -0.0517. The number of aryl methyl sites for hydroxylation is 1. The van der Waals surface area contributed by atoms with Gasteiger partial charge in [0.25, 0.3) is 5.91 Å². The highest BCUT2D eigenvalue weighted by molar-refractivity contribution is 6.06. The van der Waals surface area contributed by atoms with Crippen LogP contribution in [-0.2, 0) is 6.54 Å². The summed E-state index contributed by atoms with van der Waals surface area (Å²) in [4.78, 5) is 14.2. The molecular weight excluding hydrogens is 304 g/mol. The topological polar surface area (TPSA) is 58.4 Å². The van der Waals surface area contributed by atoms with Crippen LogP contribution in [0.2, 0.25) is 0 Å². The summed E-state index contributed by atoms with van der Waals surface area (Å²) in [6.07, 6.45) is 3.14. The maximum atomic E-state index is 13.5. The number of carbonyl (C=O) groups is 1. The summed E-state index contributed by atoms with van der Waals surface area (Å²) >= 11 is 0. The second kappa shape index (κ2) is 6.45. The maximum Gasteiger partial charge on any atom is 0.261 e. The number of aliphatic hydroxyl groups is 1. The van der Waals surface area contributed by atoms with Crippen LogP contribution in [0.3, 0.4) is 0 Å². The Kier molecular flexibility index (Phi) is 4.38. The second-order valence-corrected chi connectivity index (χ2v) is 5.50. The first-order chi connectivity index (χ1) is 11.1. The van der Waals surface area contributed by atoms with E-state index in [9.17, 15) is 18.7 Å². The molecule has 5 nitrogen and oxygen atoms in total. The van der Waals surface area contributed by atoms with E-state index in [0.29, 0.717) is 36.2 Å². The van der Waals surface area contributed by atoms with Crippen LogP contribution in [0, 0.1) is 5.82 Å². The zero-order valence-electron chi connectivity index (χ0n) is 12.5. The molecule has 122 valence electrons. The molecule has 2 heterocycles. The minimum absolute atomic E-state index is 0.0911. The number of anilines is 1. The molecule has 0 fully saturated rings. The standard InChI is InChI=1S/C16H17F2N3O2/c17-5-7-20-10-11(9-19-20)16(23)21-6-1-2-15(22)13-8-12(18)3-4-14(13)21/h3-4,8-10,15,22H,1-2,5-7H2. The van der Waals surface area contributed by atoms with Crippen molar-refractivity contribution in [2.45, 2.75) is 25.5 Å². The quantitative estimate of drug-likeness (QED) is 0.945. The largest absolute Gasteiger partial charge is 0.388 e. The molecule has 1 atom stereocenters. The summed E-state index contributed by atoms with van der Waals surface area (Å²) < 4.78 is 27.2. The van der Waals surface area contributed by atoms with Gasteiger partial charge in [-0.05, 0) is 31.0 Å². The van der Waals surface area contributed by atoms with Crippen LogP contribution in [-0.4, -0.2) is 34.0 Å². The highest BCUT2D eigenvalue weighted by atomic mass is 19.1. The number of hydrogen-bond donors (Lipinski definition) is 1. The van der Waals surface area contributed by atoms with Crippen molar-refractivity contribution in [3.63, 3.8) is 0 Å². The highest BCUT2D eigenvalue weighted by Crippen LogP contribution is 2.34. The molecule has 1 aromatic carbocycles. The van der Waals surface area contributed by atoms with Gasteiger partial charge in [-0.2, -0.15) is 5.10 Å². The fraction of sp³-hybridized carbons (Fsp3) is 0.375. The number of rotatable bonds is 3. The number of halogens is 2. The minimum Gasteiger partial charge on any atom is -0.388 e. The summed E-state index contributed by atoms with van der Waals surface area (Å²) in [5, 5.41) is 14.1. The van der Waals surface area contributed by atoms with E-state index in [4.69, 9.17) is 0 Å². The summed E-state index contributed by atoms with van der Waals surface area (Å²) in [6, 6.07) is 4.03. The molecule has 2 aromatic rings. The molecule has 23 heavy (non-hydrogen) atoms. The molecule has 0 aliphatic carbocycles. The van der Waals surface area contributed by atoms with E-state index in [1.54, 1.807) is 0 Å².